The molecule has 1 rings (SSSR count). The fourth-order valence-corrected chi connectivity index (χ4v) is 2.37. The van der Waals surface area contributed by atoms with Crippen LogP contribution in [-0.2, 0) is 9.53 Å². The molecule has 1 atom stereocenters. The van der Waals surface area contributed by atoms with Gasteiger partial charge in [-0.3, -0.25) is 4.79 Å². The molecule has 1 N–H and O–H groups in total. The van der Waals surface area contributed by atoms with Crippen molar-refractivity contribution in [2.45, 2.75) is 37.9 Å². The maximum atomic E-state index is 11.9. The van der Waals surface area contributed by atoms with Gasteiger partial charge < -0.3 is 10.1 Å². The Balaban J connectivity index is 2.49. The molecule has 0 bridgehead atoms. The summed E-state index contributed by atoms with van der Waals surface area (Å²) in [5, 5.41) is 3.76. The lowest BCUT2D eigenvalue weighted by atomic mass is 10.00. The Morgan fingerprint density at radius 2 is 2.11 bits per heavy atom. The number of esters is 1. The molecular formula is C13H21N3O2S. The van der Waals surface area contributed by atoms with E-state index in [4.69, 9.17) is 4.74 Å². The summed E-state index contributed by atoms with van der Waals surface area (Å²) in [4.78, 5) is 20.3. The number of nitrogens with one attached hydrogen (secondary N) is 1. The number of ether oxygens (including phenoxy) is 1. The van der Waals surface area contributed by atoms with Crippen LogP contribution in [0.2, 0.25) is 0 Å². The molecule has 0 radical (unpaired) electrons. The summed E-state index contributed by atoms with van der Waals surface area (Å²) in [5.41, 5.74) is 0.379. The van der Waals surface area contributed by atoms with Gasteiger partial charge in [0.25, 0.3) is 0 Å². The van der Waals surface area contributed by atoms with Crippen LogP contribution in [0.1, 0.15) is 25.8 Å². The molecule has 0 aliphatic rings. The molecule has 0 saturated heterocycles. The monoisotopic (exact) mass is 283 g/mol. The number of aryl methyl sites for hydroxylation is 1. The Labute approximate surface area is 118 Å². The summed E-state index contributed by atoms with van der Waals surface area (Å²) >= 11 is 1.54. The zero-order valence-electron chi connectivity index (χ0n) is 11.9. The molecule has 0 aliphatic carbocycles. The lowest BCUT2D eigenvalue weighted by molar-refractivity contribution is -0.150. The third-order valence-electron chi connectivity index (χ3n) is 2.87. The molecule has 0 fully saturated rings. The van der Waals surface area contributed by atoms with E-state index in [1.807, 2.05) is 20.8 Å². The summed E-state index contributed by atoms with van der Waals surface area (Å²) in [6.07, 6.45) is 4.24. The first-order valence-electron chi connectivity index (χ1n) is 6.29. The number of aromatic nitrogens is 2. The van der Waals surface area contributed by atoms with E-state index in [1.165, 1.54) is 11.8 Å². The summed E-state index contributed by atoms with van der Waals surface area (Å²) in [6.45, 7) is 6.00. The molecule has 5 nitrogen and oxygen atoms in total. The zero-order chi connectivity index (χ0) is 14.3. The topological polar surface area (TPSA) is 64.1 Å². The van der Waals surface area contributed by atoms with Crippen LogP contribution in [-0.4, -0.2) is 40.9 Å². The van der Waals surface area contributed by atoms with E-state index in [-0.39, 0.29) is 5.97 Å². The van der Waals surface area contributed by atoms with Crippen LogP contribution in [0.5, 0.6) is 0 Å². The third kappa shape index (κ3) is 4.80. The van der Waals surface area contributed by atoms with Crippen molar-refractivity contribution >= 4 is 17.7 Å². The summed E-state index contributed by atoms with van der Waals surface area (Å²) in [7, 11) is 1.77. The molecule has 1 aromatic rings. The minimum Gasteiger partial charge on any atom is -0.465 e. The Hall–Kier alpha value is -1.14. The minimum atomic E-state index is -0.659. The largest absolute Gasteiger partial charge is 0.465 e. The van der Waals surface area contributed by atoms with Crippen molar-refractivity contribution in [2.24, 2.45) is 0 Å². The number of hydrogen-bond acceptors (Lipinski definition) is 6. The van der Waals surface area contributed by atoms with Gasteiger partial charge in [0.15, 0.2) is 5.16 Å². The van der Waals surface area contributed by atoms with E-state index in [2.05, 4.69) is 15.3 Å². The number of hydrogen-bond donors (Lipinski definition) is 1. The molecule has 19 heavy (non-hydrogen) atoms. The number of carbonyl (C=O) groups is 1. The van der Waals surface area contributed by atoms with E-state index in [1.54, 1.807) is 19.4 Å². The van der Waals surface area contributed by atoms with Crippen molar-refractivity contribution in [3.8, 4) is 0 Å². The van der Waals surface area contributed by atoms with Crippen LogP contribution in [0.25, 0.3) is 0 Å². The molecular weight excluding hydrogens is 262 g/mol. The summed E-state index contributed by atoms with van der Waals surface area (Å²) in [6, 6.07) is 0. The van der Waals surface area contributed by atoms with Crippen LogP contribution >= 0.6 is 11.8 Å². The van der Waals surface area contributed by atoms with Gasteiger partial charge in [-0.15, -0.1) is 0 Å². The minimum absolute atomic E-state index is 0.220. The number of rotatable bonds is 7. The number of thioether (sulfide) groups is 1. The summed E-state index contributed by atoms with van der Waals surface area (Å²) < 4.78 is 5.07. The van der Waals surface area contributed by atoms with Crippen LogP contribution in [0, 0.1) is 6.92 Å². The Bertz CT molecular complexity index is 411. The average Bonchev–Trinajstić information content (AvgIpc) is 2.41. The van der Waals surface area contributed by atoms with Gasteiger partial charge in [0, 0.05) is 18.1 Å². The van der Waals surface area contributed by atoms with Crippen molar-refractivity contribution in [3.63, 3.8) is 0 Å². The fraction of sp³-hybridized carbons (Fsp3) is 0.615. The SMILES string of the molecule is CCOC(=O)C(C)(CCSc1ncc(C)cn1)NC. The molecule has 0 spiro atoms. The fourth-order valence-electron chi connectivity index (χ4n) is 1.42. The van der Waals surface area contributed by atoms with E-state index in [9.17, 15) is 4.79 Å². The van der Waals surface area contributed by atoms with Crippen LogP contribution in [0.15, 0.2) is 17.6 Å². The van der Waals surface area contributed by atoms with Crippen LogP contribution < -0.4 is 5.32 Å². The predicted octanol–water partition coefficient (Wildman–Crippen LogP) is 1.81. The van der Waals surface area contributed by atoms with Crippen LogP contribution in [0.4, 0.5) is 0 Å². The zero-order valence-corrected chi connectivity index (χ0v) is 12.7. The predicted molar refractivity (Wildman–Crippen MR) is 76.2 cm³/mol. The van der Waals surface area contributed by atoms with E-state index < -0.39 is 5.54 Å². The third-order valence-corrected chi connectivity index (χ3v) is 3.75. The molecule has 6 heteroatoms. The first-order valence-corrected chi connectivity index (χ1v) is 7.28. The quantitative estimate of drug-likeness (QED) is 0.468. The first kappa shape index (κ1) is 15.9. The molecule has 0 aromatic carbocycles. The van der Waals surface area contributed by atoms with Gasteiger partial charge in [-0.2, -0.15) is 0 Å². The van der Waals surface area contributed by atoms with Gasteiger partial charge in [-0.05, 0) is 39.8 Å². The van der Waals surface area contributed by atoms with Gasteiger partial charge in [-0.25, -0.2) is 9.97 Å². The van der Waals surface area contributed by atoms with Gasteiger partial charge in [0.1, 0.15) is 5.54 Å². The first-order chi connectivity index (χ1) is 9.01. The Kier molecular flexibility index (Phi) is 6.24. The normalized spacial score (nSPS) is 13.9. The van der Waals surface area contributed by atoms with Crippen molar-refractivity contribution < 1.29 is 9.53 Å². The highest BCUT2D eigenvalue weighted by atomic mass is 32.2. The van der Waals surface area contributed by atoms with Gasteiger partial charge in [-0.1, -0.05) is 11.8 Å². The molecule has 106 valence electrons. The van der Waals surface area contributed by atoms with E-state index >= 15 is 0 Å². The molecule has 1 aromatic heterocycles. The maximum absolute atomic E-state index is 11.9. The molecule has 0 aliphatic heterocycles. The number of nitrogens with zero attached hydrogens (tertiary/aromatic N) is 2. The highest BCUT2D eigenvalue weighted by Gasteiger charge is 2.32. The molecule has 0 amide bonds. The maximum Gasteiger partial charge on any atom is 0.326 e. The van der Waals surface area contributed by atoms with Crippen molar-refractivity contribution in [1.82, 2.24) is 15.3 Å². The van der Waals surface area contributed by atoms with E-state index in [0.29, 0.717) is 13.0 Å². The van der Waals surface area contributed by atoms with Crippen molar-refractivity contribution in [1.29, 1.82) is 0 Å². The molecule has 1 unspecified atom stereocenters. The lowest BCUT2D eigenvalue weighted by Gasteiger charge is -2.26. The lowest BCUT2D eigenvalue weighted by Crippen LogP contribution is -2.49. The van der Waals surface area contributed by atoms with Crippen LogP contribution in [0.3, 0.4) is 0 Å². The smallest absolute Gasteiger partial charge is 0.326 e. The molecule has 1 heterocycles. The second-order valence-corrected chi connectivity index (χ2v) is 5.51. The van der Waals surface area contributed by atoms with Crippen molar-refractivity contribution in [2.75, 3.05) is 19.4 Å². The summed E-state index contributed by atoms with van der Waals surface area (Å²) in [5.74, 6) is 0.530. The highest BCUT2D eigenvalue weighted by molar-refractivity contribution is 7.99. The average molecular weight is 283 g/mol. The second kappa shape index (κ2) is 7.45. The highest BCUT2D eigenvalue weighted by Crippen LogP contribution is 2.19. The standard InChI is InChI=1S/C13H21N3O2S/c1-5-18-11(17)13(3,14-4)6-7-19-12-15-8-10(2)9-16-12/h8-9,14H,5-7H2,1-4H3. The van der Waals surface area contributed by atoms with Gasteiger partial charge >= 0.3 is 5.97 Å². The van der Waals surface area contributed by atoms with Gasteiger partial charge in [0.2, 0.25) is 0 Å². The molecule has 0 saturated carbocycles. The number of carbonyl (C=O) groups excluding carboxylic acids is 1. The Morgan fingerprint density at radius 3 is 2.63 bits per heavy atom. The number of likely N-dealkylation sites (N-methyl/N-ethyl adjacent to an activating group) is 1. The van der Waals surface area contributed by atoms with Gasteiger partial charge in [0.05, 0.1) is 6.61 Å². The van der Waals surface area contributed by atoms with E-state index in [0.717, 1.165) is 16.5 Å². The van der Waals surface area contributed by atoms with Crippen molar-refractivity contribution in [3.05, 3.63) is 18.0 Å². The Morgan fingerprint density at radius 1 is 1.47 bits per heavy atom. The second-order valence-electron chi connectivity index (χ2n) is 4.44.